The van der Waals surface area contributed by atoms with Crippen LogP contribution in [-0.2, 0) is 4.79 Å². The lowest BCUT2D eigenvalue weighted by molar-refractivity contribution is -0.119. The number of anilines is 1. The van der Waals surface area contributed by atoms with Crippen molar-refractivity contribution in [3.8, 4) is 11.3 Å². The maximum absolute atomic E-state index is 13.9. The van der Waals surface area contributed by atoms with E-state index in [-0.39, 0.29) is 12.1 Å². The molecular weight excluding hydrogens is 376 g/mol. The molecule has 0 aliphatic heterocycles. The summed E-state index contributed by atoms with van der Waals surface area (Å²) in [5.74, 6) is -2.09. The SMILES string of the molecule is CCC(C(=O)Nc1cc(F)ccc1F)n1nc(-c2cc(C)ccc2C)ccc1=O. The third-order valence-electron chi connectivity index (χ3n) is 4.66. The first kappa shape index (κ1) is 20.4. The Labute approximate surface area is 167 Å². The summed E-state index contributed by atoms with van der Waals surface area (Å²) in [4.78, 5) is 25.1. The minimum Gasteiger partial charge on any atom is -0.322 e. The quantitative estimate of drug-likeness (QED) is 0.694. The highest BCUT2D eigenvalue weighted by Gasteiger charge is 2.23. The number of aromatic nitrogens is 2. The third-order valence-corrected chi connectivity index (χ3v) is 4.66. The second kappa shape index (κ2) is 8.34. The number of carbonyl (C=O) groups is 1. The van der Waals surface area contributed by atoms with Crippen LogP contribution in [0.15, 0.2) is 53.3 Å². The maximum Gasteiger partial charge on any atom is 0.267 e. The molecule has 1 heterocycles. The van der Waals surface area contributed by atoms with Crippen LogP contribution in [-0.4, -0.2) is 15.7 Å². The fourth-order valence-electron chi connectivity index (χ4n) is 3.08. The lowest BCUT2D eigenvalue weighted by Gasteiger charge is -2.18. The number of hydrogen-bond acceptors (Lipinski definition) is 3. The van der Waals surface area contributed by atoms with Crippen molar-refractivity contribution in [2.24, 2.45) is 0 Å². The van der Waals surface area contributed by atoms with Gasteiger partial charge in [0.1, 0.15) is 17.7 Å². The van der Waals surface area contributed by atoms with Gasteiger partial charge in [0.2, 0.25) is 5.91 Å². The lowest BCUT2D eigenvalue weighted by Crippen LogP contribution is -2.34. The van der Waals surface area contributed by atoms with Crippen LogP contribution in [0.5, 0.6) is 0 Å². The summed E-state index contributed by atoms with van der Waals surface area (Å²) < 4.78 is 28.4. The summed E-state index contributed by atoms with van der Waals surface area (Å²) in [6, 6.07) is 10.6. The van der Waals surface area contributed by atoms with Gasteiger partial charge in [0, 0.05) is 17.7 Å². The molecule has 7 heteroatoms. The van der Waals surface area contributed by atoms with Crippen molar-refractivity contribution in [2.45, 2.75) is 33.2 Å². The number of nitrogens with zero attached hydrogens (tertiary/aromatic N) is 2. The minimum atomic E-state index is -0.977. The zero-order valence-electron chi connectivity index (χ0n) is 16.4. The number of amides is 1. The summed E-state index contributed by atoms with van der Waals surface area (Å²) in [6.07, 6.45) is 0.242. The number of rotatable bonds is 5. The first-order valence-corrected chi connectivity index (χ1v) is 9.23. The second-order valence-electron chi connectivity index (χ2n) is 6.86. The van der Waals surface area contributed by atoms with Gasteiger partial charge in [-0.2, -0.15) is 5.10 Å². The van der Waals surface area contributed by atoms with Gasteiger partial charge in [0.15, 0.2) is 0 Å². The van der Waals surface area contributed by atoms with Crippen molar-refractivity contribution in [3.63, 3.8) is 0 Å². The number of hydrogen-bond donors (Lipinski definition) is 1. The molecule has 1 atom stereocenters. The van der Waals surface area contributed by atoms with Crippen LogP contribution < -0.4 is 10.9 Å². The van der Waals surface area contributed by atoms with Crippen LogP contribution in [0, 0.1) is 25.5 Å². The minimum absolute atomic E-state index is 0.242. The van der Waals surface area contributed by atoms with Crippen molar-refractivity contribution in [1.82, 2.24) is 9.78 Å². The maximum atomic E-state index is 13.9. The Bertz CT molecular complexity index is 1130. The van der Waals surface area contributed by atoms with Gasteiger partial charge >= 0.3 is 0 Å². The highest BCUT2D eigenvalue weighted by molar-refractivity contribution is 5.93. The molecule has 1 amide bonds. The zero-order chi connectivity index (χ0) is 21.1. The lowest BCUT2D eigenvalue weighted by atomic mass is 10.0. The van der Waals surface area contributed by atoms with Crippen molar-refractivity contribution < 1.29 is 13.6 Å². The van der Waals surface area contributed by atoms with Gasteiger partial charge in [-0.25, -0.2) is 13.5 Å². The Morgan fingerprint density at radius 1 is 1.10 bits per heavy atom. The van der Waals surface area contributed by atoms with Crippen LogP contribution in [0.2, 0.25) is 0 Å². The van der Waals surface area contributed by atoms with E-state index in [0.717, 1.165) is 39.6 Å². The molecule has 2 aromatic carbocycles. The van der Waals surface area contributed by atoms with Gasteiger partial charge in [-0.05, 0) is 50.1 Å². The first-order chi connectivity index (χ1) is 13.8. The Hall–Kier alpha value is -3.35. The monoisotopic (exact) mass is 397 g/mol. The number of benzene rings is 2. The molecule has 5 nitrogen and oxygen atoms in total. The highest BCUT2D eigenvalue weighted by atomic mass is 19.1. The Balaban J connectivity index is 1.99. The predicted octanol–water partition coefficient (Wildman–Crippen LogP) is 4.40. The Kier molecular flexibility index (Phi) is 5.87. The van der Waals surface area contributed by atoms with E-state index in [1.54, 1.807) is 13.0 Å². The van der Waals surface area contributed by atoms with Crippen LogP contribution in [0.25, 0.3) is 11.3 Å². The van der Waals surface area contributed by atoms with Crippen molar-refractivity contribution in [3.05, 3.63) is 81.6 Å². The van der Waals surface area contributed by atoms with E-state index in [9.17, 15) is 18.4 Å². The molecule has 0 spiro atoms. The van der Waals surface area contributed by atoms with Crippen LogP contribution in [0.4, 0.5) is 14.5 Å². The molecule has 0 aliphatic carbocycles. The molecule has 0 saturated heterocycles. The third kappa shape index (κ3) is 4.39. The van der Waals surface area contributed by atoms with Gasteiger partial charge in [-0.15, -0.1) is 0 Å². The molecule has 150 valence electrons. The van der Waals surface area contributed by atoms with Gasteiger partial charge in [-0.3, -0.25) is 9.59 Å². The number of carbonyl (C=O) groups excluding carboxylic acids is 1. The Morgan fingerprint density at radius 3 is 2.59 bits per heavy atom. The molecule has 1 aromatic heterocycles. The number of halogens is 2. The topological polar surface area (TPSA) is 64.0 Å². The van der Waals surface area contributed by atoms with Gasteiger partial charge in [0.05, 0.1) is 11.4 Å². The van der Waals surface area contributed by atoms with Gasteiger partial charge in [-0.1, -0.05) is 24.6 Å². The molecular formula is C22H21F2N3O2. The second-order valence-corrected chi connectivity index (χ2v) is 6.86. The molecule has 1 unspecified atom stereocenters. The number of aryl methyl sites for hydroxylation is 2. The molecule has 0 bridgehead atoms. The van der Waals surface area contributed by atoms with Crippen molar-refractivity contribution in [2.75, 3.05) is 5.32 Å². The summed E-state index contributed by atoms with van der Waals surface area (Å²) in [7, 11) is 0. The van der Waals surface area contributed by atoms with Crippen LogP contribution >= 0.6 is 0 Å². The predicted molar refractivity (Wildman–Crippen MR) is 108 cm³/mol. The van der Waals surface area contributed by atoms with Gasteiger partial charge < -0.3 is 5.32 Å². The molecule has 29 heavy (non-hydrogen) atoms. The fraction of sp³-hybridized carbons (Fsp3) is 0.227. The fourth-order valence-corrected chi connectivity index (χ4v) is 3.08. The Morgan fingerprint density at radius 2 is 1.86 bits per heavy atom. The highest BCUT2D eigenvalue weighted by Crippen LogP contribution is 2.23. The standard InChI is InChI=1S/C22H21F2N3O2/c1-4-20(22(29)25-19-12-15(23)7-8-17(19)24)27-21(28)10-9-18(26-27)16-11-13(2)5-6-14(16)3/h5-12,20H,4H2,1-3H3,(H,25,29). The van der Waals surface area contributed by atoms with E-state index in [4.69, 9.17) is 0 Å². The average molecular weight is 397 g/mol. The number of nitrogens with one attached hydrogen (secondary N) is 1. The normalized spacial score (nSPS) is 11.9. The van der Waals surface area contributed by atoms with Gasteiger partial charge in [0.25, 0.3) is 5.56 Å². The molecule has 0 radical (unpaired) electrons. The molecule has 3 rings (SSSR count). The molecule has 1 N–H and O–H groups in total. The molecule has 0 aliphatic rings. The van der Waals surface area contributed by atoms with E-state index in [1.165, 1.54) is 6.07 Å². The van der Waals surface area contributed by atoms with E-state index in [1.807, 2.05) is 32.0 Å². The molecule has 0 saturated carbocycles. The first-order valence-electron chi connectivity index (χ1n) is 9.23. The summed E-state index contributed by atoms with van der Waals surface area (Å²) in [5.41, 5.74) is 2.68. The zero-order valence-corrected chi connectivity index (χ0v) is 16.4. The summed E-state index contributed by atoms with van der Waals surface area (Å²) >= 11 is 0. The largest absolute Gasteiger partial charge is 0.322 e. The van der Waals surface area contributed by atoms with E-state index >= 15 is 0 Å². The van der Waals surface area contributed by atoms with Crippen molar-refractivity contribution in [1.29, 1.82) is 0 Å². The molecule has 3 aromatic rings. The smallest absolute Gasteiger partial charge is 0.267 e. The average Bonchev–Trinajstić information content (AvgIpc) is 2.68. The van der Waals surface area contributed by atoms with Crippen LogP contribution in [0.1, 0.15) is 30.5 Å². The van der Waals surface area contributed by atoms with Crippen LogP contribution in [0.3, 0.4) is 0 Å². The van der Waals surface area contributed by atoms with Crippen molar-refractivity contribution >= 4 is 11.6 Å². The van der Waals surface area contributed by atoms with E-state index in [2.05, 4.69) is 10.4 Å². The van der Waals surface area contributed by atoms with E-state index in [0.29, 0.717) is 5.69 Å². The molecule has 0 fully saturated rings. The summed E-state index contributed by atoms with van der Waals surface area (Å²) in [5, 5.41) is 6.75. The summed E-state index contributed by atoms with van der Waals surface area (Å²) in [6.45, 7) is 5.60. The van der Waals surface area contributed by atoms with E-state index < -0.39 is 29.1 Å².